The van der Waals surface area contributed by atoms with Crippen molar-refractivity contribution < 1.29 is 5.11 Å². The maximum Gasteiger partial charge on any atom is 0.114 e. The van der Waals surface area contributed by atoms with Crippen LogP contribution >= 0.6 is 11.6 Å². The minimum Gasteiger partial charge on any atom is -0.385 e. The molecule has 2 bridgehead atoms. The molecule has 18 heavy (non-hydrogen) atoms. The molecule has 3 saturated heterocycles. The first-order chi connectivity index (χ1) is 8.70. The van der Waals surface area contributed by atoms with Crippen molar-refractivity contribution in [3.63, 3.8) is 0 Å². The van der Waals surface area contributed by atoms with Gasteiger partial charge in [-0.2, -0.15) is 5.10 Å². The second-order valence-electron chi connectivity index (χ2n) is 5.04. The number of halogens is 1. The second kappa shape index (κ2) is 4.81. The van der Waals surface area contributed by atoms with E-state index in [-0.39, 0.29) is 6.04 Å². The SMILES string of the molecule is CCn1ncc(Cl)c1C(O)C1CN2CCN1CC2. The van der Waals surface area contributed by atoms with Gasteiger partial charge in [-0.3, -0.25) is 14.5 Å². The number of aliphatic hydroxyl groups excluding tert-OH is 1. The molecular formula is C12H19ClN4O. The third-order valence-corrected chi connectivity index (χ3v) is 4.39. The quantitative estimate of drug-likeness (QED) is 0.873. The van der Waals surface area contributed by atoms with Crippen molar-refractivity contribution in [3.8, 4) is 0 Å². The van der Waals surface area contributed by atoms with Crippen molar-refractivity contribution in [1.29, 1.82) is 0 Å². The topological polar surface area (TPSA) is 44.5 Å². The Morgan fingerprint density at radius 2 is 2.17 bits per heavy atom. The van der Waals surface area contributed by atoms with Gasteiger partial charge in [0.05, 0.1) is 23.0 Å². The Kier molecular flexibility index (Phi) is 3.32. The van der Waals surface area contributed by atoms with Gasteiger partial charge in [-0.15, -0.1) is 0 Å². The van der Waals surface area contributed by atoms with E-state index in [2.05, 4.69) is 14.9 Å². The monoisotopic (exact) mass is 270 g/mol. The van der Waals surface area contributed by atoms with Crippen LogP contribution in [-0.2, 0) is 6.54 Å². The Bertz CT molecular complexity index is 428. The Hall–Kier alpha value is -0.620. The van der Waals surface area contributed by atoms with Gasteiger partial charge in [-0.1, -0.05) is 11.6 Å². The second-order valence-corrected chi connectivity index (χ2v) is 5.45. The Balaban J connectivity index is 1.85. The molecule has 1 N–H and O–H groups in total. The zero-order chi connectivity index (χ0) is 12.7. The number of aryl methyl sites for hydroxylation is 1. The van der Waals surface area contributed by atoms with E-state index in [0.29, 0.717) is 5.02 Å². The summed E-state index contributed by atoms with van der Waals surface area (Å²) >= 11 is 6.16. The molecule has 100 valence electrons. The van der Waals surface area contributed by atoms with Crippen LogP contribution in [-0.4, -0.2) is 63.5 Å². The van der Waals surface area contributed by atoms with Gasteiger partial charge in [-0.05, 0) is 6.92 Å². The third-order valence-electron chi connectivity index (χ3n) is 4.10. The van der Waals surface area contributed by atoms with Crippen molar-refractivity contribution in [2.75, 3.05) is 32.7 Å². The first-order valence-electron chi connectivity index (χ1n) is 6.56. The molecule has 0 saturated carbocycles. The van der Waals surface area contributed by atoms with Gasteiger partial charge in [0.25, 0.3) is 0 Å². The number of hydrogen-bond donors (Lipinski definition) is 1. The molecule has 0 aliphatic carbocycles. The summed E-state index contributed by atoms with van der Waals surface area (Å²) in [6.07, 6.45) is 1.07. The first kappa shape index (κ1) is 12.4. The lowest BCUT2D eigenvalue weighted by Gasteiger charge is -2.49. The molecule has 0 aromatic carbocycles. The molecule has 3 aliphatic rings. The fourth-order valence-corrected chi connectivity index (χ4v) is 3.31. The summed E-state index contributed by atoms with van der Waals surface area (Å²) in [4.78, 5) is 4.78. The predicted molar refractivity (Wildman–Crippen MR) is 69.7 cm³/mol. The molecule has 1 aromatic heterocycles. The molecule has 6 heteroatoms. The number of rotatable bonds is 3. The van der Waals surface area contributed by atoms with Crippen LogP contribution in [0.1, 0.15) is 18.7 Å². The van der Waals surface area contributed by atoms with Crippen LogP contribution in [0.3, 0.4) is 0 Å². The van der Waals surface area contributed by atoms with Gasteiger partial charge >= 0.3 is 0 Å². The smallest absolute Gasteiger partial charge is 0.114 e. The van der Waals surface area contributed by atoms with E-state index in [0.717, 1.165) is 45.0 Å². The van der Waals surface area contributed by atoms with E-state index < -0.39 is 6.10 Å². The van der Waals surface area contributed by atoms with Gasteiger partial charge in [-0.25, -0.2) is 0 Å². The number of aliphatic hydroxyl groups is 1. The summed E-state index contributed by atoms with van der Waals surface area (Å²) in [6, 6.07) is 0.145. The van der Waals surface area contributed by atoms with E-state index >= 15 is 0 Å². The lowest BCUT2D eigenvalue weighted by molar-refractivity contribution is -0.0495. The standard InChI is InChI=1S/C12H19ClN4O/c1-2-17-11(9(13)7-14-17)12(18)10-8-15-3-5-16(10)6-4-15/h7,10,12,18H,2-6,8H2,1H3. The van der Waals surface area contributed by atoms with Crippen LogP contribution in [0.4, 0.5) is 0 Å². The fraction of sp³-hybridized carbons (Fsp3) is 0.750. The summed E-state index contributed by atoms with van der Waals surface area (Å²) in [5.74, 6) is 0. The first-order valence-corrected chi connectivity index (χ1v) is 6.94. The lowest BCUT2D eigenvalue weighted by Crippen LogP contribution is -2.62. The molecule has 3 aliphatic heterocycles. The molecule has 2 atom stereocenters. The highest BCUT2D eigenvalue weighted by Crippen LogP contribution is 2.31. The third kappa shape index (κ3) is 1.95. The van der Waals surface area contributed by atoms with Crippen molar-refractivity contribution >= 4 is 11.6 Å². The van der Waals surface area contributed by atoms with Gasteiger partial charge < -0.3 is 5.11 Å². The average Bonchev–Trinajstić information content (AvgIpc) is 2.80. The maximum absolute atomic E-state index is 10.6. The molecule has 0 amide bonds. The molecular weight excluding hydrogens is 252 g/mol. The summed E-state index contributed by atoms with van der Waals surface area (Å²) in [5, 5.41) is 15.4. The Labute approximate surface area is 112 Å². The minimum absolute atomic E-state index is 0.145. The fourth-order valence-electron chi connectivity index (χ4n) is 3.06. The molecule has 2 unspecified atom stereocenters. The number of fused-ring (bicyclic) bond motifs is 3. The highest BCUT2D eigenvalue weighted by molar-refractivity contribution is 6.31. The predicted octanol–water partition coefficient (Wildman–Crippen LogP) is 0.590. The van der Waals surface area contributed by atoms with E-state index in [4.69, 9.17) is 11.6 Å². The number of nitrogens with zero attached hydrogens (tertiary/aromatic N) is 4. The molecule has 3 fully saturated rings. The van der Waals surface area contributed by atoms with Crippen LogP contribution in [0.25, 0.3) is 0 Å². The summed E-state index contributed by atoms with van der Waals surface area (Å²) in [7, 11) is 0. The van der Waals surface area contributed by atoms with E-state index in [1.54, 1.807) is 10.9 Å². The van der Waals surface area contributed by atoms with Crippen molar-refractivity contribution in [2.24, 2.45) is 0 Å². The highest BCUT2D eigenvalue weighted by Gasteiger charge is 2.38. The average molecular weight is 271 g/mol. The zero-order valence-electron chi connectivity index (χ0n) is 10.6. The van der Waals surface area contributed by atoms with Gasteiger partial charge in [0.2, 0.25) is 0 Å². The number of piperazine rings is 3. The van der Waals surface area contributed by atoms with E-state index in [1.807, 2.05) is 6.92 Å². The van der Waals surface area contributed by atoms with E-state index in [9.17, 15) is 5.11 Å². The highest BCUT2D eigenvalue weighted by atomic mass is 35.5. The van der Waals surface area contributed by atoms with Crippen LogP contribution in [0.15, 0.2) is 6.20 Å². The zero-order valence-corrected chi connectivity index (χ0v) is 11.3. The Morgan fingerprint density at radius 1 is 1.44 bits per heavy atom. The summed E-state index contributed by atoms with van der Waals surface area (Å²) < 4.78 is 1.80. The van der Waals surface area contributed by atoms with Crippen molar-refractivity contribution in [3.05, 3.63) is 16.9 Å². The van der Waals surface area contributed by atoms with E-state index in [1.165, 1.54) is 0 Å². The Morgan fingerprint density at radius 3 is 2.72 bits per heavy atom. The molecule has 1 aromatic rings. The molecule has 0 radical (unpaired) electrons. The lowest BCUT2D eigenvalue weighted by atomic mass is 10.00. The normalized spacial score (nSPS) is 32.7. The largest absolute Gasteiger partial charge is 0.385 e. The maximum atomic E-state index is 10.6. The van der Waals surface area contributed by atoms with Crippen LogP contribution in [0.2, 0.25) is 5.02 Å². The van der Waals surface area contributed by atoms with Gasteiger partial charge in [0.15, 0.2) is 0 Å². The number of hydrogen-bond acceptors (Lipinski definition) is 4. The molecule has 4 heterocycles. The van der Waals surface area contributed by atoms with Crippen molar-refractivity contribution in [2.45, 2.75) is 25.6 Å². The number of aromatic nitrogens is 2. The molecule has 0 spiro atoms. The minimum atomic E-state index is -0.553. The summed E-state index contributed by atoms with van der Waals surface area (Å²) in [5.41, 5.74) is 0.762. The van der Waals surface area contributed by atoms with Crippen LogP contribution < -0.4 is 0 Å². The molecule has 5 nitrogen and oxygen atoms in total. The summed E-state index contributed by atoms with van der Waals surface area (Å²) in [6.45, 7) is 7.98. The van der Waals surface area contributed by atoms with Gasteiger partial charge in [0, 0.05) is 39.3 Å². The van der Waals surface area contributed by atoms with Crippen LogP contribution in [0.5, 0.6) is 0 Å². The van der Waals surface area contributed by atoms with Crippen molar-refractivity contribution in [1.82, 2.24) is 19.6 Å². The van der Waals surface area contributed by atoms with Gasteiger partial charge in [0.1, 0.15) is 6.10 Å². The molecule has 4 rings (SSSR count). The van der Waals surface area contributed by atoms with Crippen LogP contribution in [0, 0.1) is 0 Å².